The monoisotopic (exact) mass is 560 g/mol. The zero-order valence-corrected chi connectivity index (χ0v) is 23.1. The highest BCUT2D eigenvalue weighted by Crippen LogP contribution is 2.31. The lowest BCUT2D eigenvalue weighted by molar-refractivity contribution is -0.128. The van der Waals surface area contributed by atoms with Crippen LogP contribution in [0.15, 0.2) is 36.4 Å². The number of hydrogen-bond donors (Lipinski definition) is 1. The summed E-state index contributed by atoms with van der Waals surface area (Å²) in [7, 11) is -3.81. The molecule has 1 aromatic heterocycles. The van der Waals surface area contributed by atoms with Gasteiger partial charge in [-0.3, -0.25) is 19.1 Å². The van der Waals surface area contributed by atoms with E-state index in [1.807, 2.05) is 11.8 Å². The average Bonchev–Trinajstić information content (AvgIpc) is 3.29. The van der Waals surface area contributed by atoms with E-state index in [0.717, 1.165) is 6.42 Å². The van der Waals surface area contributed by atoms with E-state index in [2.05, 4.69) is 4.72 Å². The minimum Gasteiger partial charge on any atom is -0.355 e. The first kappa shape index (κ1) is 28.0. The van der Waals surface area contributed by atoms with Gasteiger partial charge in [0.2, 0.25) is 21.8 Å². The SMILES string of the molecule is CCCC(=O)c1cc(Cl)c(N2CCC(C(=O)NS(=O)(=O)Cc3ccccc3)CC2)nc1CN1CCCC1=O. The van der Waals surface area contributed by atoms with Gasteiger partial charge in [0.05, 0.1) is 23.0 Å². The van der Waals surface area contributed by atoms with Gasteiger partial charge in [-0.15, -0.1) is 0 Å². The number of hydrogen-bond acceptors (Lipinski definition) is 7. The number of nitrogens with one attached hydrogen (secondary N) is 1. The van der Waals surface area contributed by atoms with Crippen LogP contribution >= 0.6 is 11.6 Å². The minimum absolute atomic E-state index is 0.0474. The Kier molecular flexibility index (Phi) is 9.04. The Morgan fingerprint density at radius 3 is 2.47 bits per heavy atom. The number of anilines is 1. The maximum atomic E-state index is 12.8. The average molecular weight is 561 g/mol. The van der Waals surface area contributed by atoms with Crippen LogP contribution < -0.4 is 9.62 Å². The molecule has 2 aromatic rings. The Balaban J connectivity index is 1.44. The summed E-state index contributed by atoms with van der Waals surface area (Å²) in [5.41, 5.74) is 1.58. The van der Waals surface area contributed by atoms with Gasteiger partial charge in [-0.1, -0.05) is 48.9 Å². The molecule has 3 heterocycles. The lowest BCUT2D eigenvalue weighted by atomic mass is 9.96. The van der Waals surface area contributed by atoms with E-state index in [-0.39, 0.29) is 24.0 Å². The van der Waals surface area contributed by atoms with Gasteiger partial charge in [0.25, 0.3) is 0 Å². The molecule has 0 bridgehead atoms. The number of carbonyl (C=O) groups excluding carboxylic acids is 3. The van der Waals surface area contributed by atoms with E-state index < -0.39 is 21.8 Å². The third kappa shape index (κ3) is 6.91. The molecule has 0 radical (unpaired) electrons. The molecule has 2 amide bonds. The van der Waals surface area contributed by atoms with E-state index in [1.54, 1.807) is 41.3 Å². The number of piperidine rings is 1. The quantitative estimate of drug-likeness (QED) is 0.440. The Labute approximate surface area is 228 Å². The van der Waals surface area contributed by atoms with Crippen molar-refractivity contribution in [3.8, 4) is 0 Å². The van der Waals surface area contributed by atoms with Crippen LogP contribution in [-0.2, 0) is 31.9 Å². The summed E-state index contributed by atoms with van der Waals surface area (Å²) in [6, 6.07) is 10.4. The molecule has 2 saturated heterocycles. The molecular weight excluding hydrogens is 528 g/mol. The van der Waals surface area contributed by atoms with Crippen molar-refractivity contribution in [2.45, 2.75) is 57.7 Å². The van der Waals surface area contributed by atoms with E-state index in [1.165, 1.54) is 0 Å². The van der Waals surface area contributed by atoms with Crippen molar-refractivity contribution in [1.29, 1.82) is 0 Å². The Morgan fingerprint density at radius 1 is 1.13 bits per heavy atom. The van der Waals surface area contributed by atoms with Crippen molar-refractivity contribution >= 4 is 45.0 Å². The van der Waals surface area contributed by atoms with E-state index in [0.29, 0.717) is 79.4 Å². The molecule has 1 N–H and O–H groups in total. The second-order valence-electron chi connectivity index (χ2n) is 9.85. The zero-order valence-electron chi connectivity index (χ0n) is 21.5. The predicted molar refractivity (Wildman–Crippen MR) is 145 cm³/mol. The first-order valence-corrected chi connectivity index (χ1v) is 15.0. The molecule has 11 heteroatoms. The highest BCUT2D eigenvalue weighted by atomic mass is 35.5. The van der Waals surface area contributed by atoms with Crippen molar-refractivity contribution in [3.05, 3.63) is 58.2 Å². The van der Waals surface area contributed by atoms with Crippen molar-refractivity contribution in [1.82, 2.24) is 14.6 Å². The van der Waals surface area contributed by atoms with Crippen LogP contribution in [-0.4, -0.2) is 55.5 Å². The van der Waals surface area contributed by atoms with Gasteiger partial charge in [0.1, 0.15) is 5.82 Å². The second-order valence-corrected chi connectivity index (χ2v) is 12.0. The molecule has 0 unspecified atom stereocenters. The van der Waals surface area contributed by atoms with Gasteiger partial charge in [0, 0.05) is 44.0 Å². The number of carbonyl (C=O) groups is 3. The van der Waals surface area contributed by atoms with Gasteiger partial charge in [-0.05, 0) is 37.3 Å². The molecule has 0 spiro atoms. The third-order valence-electron chi connectivity index (χ3n) is 6.95. The number of sulfonamides is 1. The molecule has 0 saturated carbocycles. The van der Waals surface area contributed by atoms with Gasteiger partial charge in [0.15, 0.2) is 5.78 Å². The van der Waals surface area contributed by atoms with Crippen LogP contribution in [0.25, 0.3) is 0 Å². The standard InChI is InChI=1S/C27H33ClN4O5S/c1-2-7-24(33)21-16-22(28)26(29-23(21)17-32-13-6-10-25(32)34)31-14-11-20(12-15-31)27(35)30-38(36,37)18-19-8-4-3-5-9-19/h3-5,8-9,16,20H,2,6-7,10-15,17-18H2,1H3,(H,30,35). The molecule has 2 fully saturated rings. The first-order valence-electron chi connectivity index (χ1n) is 13.0. The summed E-state index contributed by atoms with van der Waals surface area (Å²) in [5.74, 6) is -0.718. The summed E-state index contributed by atoms with van der Waals surface area (Å²) in [5, 5.41) is 0.342. The summed E-state index contributed by atoms with van der Waals surface area (Å²) < 4.78 is 27.2. The van der Waals surface area contributed by atoms with Crippen LogP contribution in [0.5, 0.6) is 0 Å². The van der Waals surface area contributed by atoms with Crippen LogP contribution in [0.3, 0.4) is 0 Å². The topological polar surface area (TPSA) is 117 Å². The van der Waals surface area contributed by atoms with E-state index >= 15 is 0 Å². The smallest absolute Gasteiger partial charge is 0.239 e. The predicted octanol–water partition coefficient (Wildman–Crippen LogP) is 3.70. The lowest BCUT2D eigenvalue weighted by Crippen LogP contribution is -2.43. The number of likely N-dealkylation sites (tertiary alicyclic amines) is 1. The second kappa shape index (κ2) is 12.3. The number of halogens is 1. The van der Waals surface area contributed by atoms with Crippen LogP contribution in [0.4, 0.5) is 5.82 Å². The summed E-state index contributed by atoms with van der Waals surface area (Å²) in [6.07, 6.45) is 3.20. The molecule has 0 atom stereocenters. The van der Waals surface area contributed by atoms with Crippen LogP contribution in [0.1, 0.15) is 67.1 Å². The number of nitrogens with zero attached hydrogens (tertiary/aromatic N) is 3. The maximum absolute atomic E-state index is 12.8. The fourth-order valence-corrected chi connectivity index (χ4v) is 6.38. The molecule has 204 valence electrons. The largest absolute Gasteiger partial charge is 0.355 e. The normalized spacial score (nSPS) is 16.6. The molecule has 1 aromatic carbocycles. The fourth-order valence-electron chi connectivity index (χ4n) is 4.93. The number of Topliss-reactive ketones (excluding diaryl/α,β-unsaturated/α-hetero) is 1. The molecule has 4 rings (SSSR count). The third-order valence-corrected chi connectivity index (χ3v) is 8.45. The van der Waals surface area contributed by atoms with Gasteiger partial charge in [-0.25, -0.2) is 13.4 Å². The summed E-state index contributed by atoms with van der Waals surface area (Å²) in [6.45, 7) is 3.72. The first-order chi connectivity index (χ1) is 18.2. The lowest BCUT2D eigenvalue weighted by Gasteiger charge is -2.33. The molecule has 9 nitrogen and oxygen atoms in total. The van der Waals surface area contributed by atoms with Crippen LogP contribution in [0.2, 0.25) is 5.02 Å². The number of ketones is 1. The van der Waals surface area contributed by atoms with Crippen molar-refractivity contribution in [3.63, 3.8) is 0 Å². The maximum Gasteiger partial charge on any atom is 0.239 e. The van der Waals surface area contributed by atoms with E-state index in [4.69, 9.17) is 16.6 Å². The van der Waals surface area contributed by atoms with Gasteiger partial charge in [-0.2, -0.15) is 0 Å². The van der Waals surface area contributed by atoms with Gasteiger partial charge >= 0.3 is 0 Å². The summed E-state index contributed by atoms with van der Waals surface area (Å²) >= 11 is 6.59. The van der Waals surface area contributed by atoms with Crippen molar-refractivity contribution in [2.75, 3.05) is 24.5 Å². The van der Waals surface area contributed by atoms with Crippen molar-refractivity contribution < 1.29 is 22.8 Å². The Bertz CT molecular complexity index is 1290. The number of pyridine rings is 1. The number of benzene rings is 1. The minimum atomic E-state index is -3.81. The molecule has 0 aliphatic carbocycles. The number of amides is 2. The number of aromatic nitrogens is 1. The highest BCUT2D eigenvalue weighted by Gasteiger charge is 2.30. The Morgan fingerprint density at radius 2 is 1.84 bits per heavy atom. The van der Waals surface area contributed by atoms with Gasteiger partial charge < -0.3 is 9.80 Å². The number of rotatable bonds is 10. The Hall–Kier alpha value is -2.98. The molecule has 2 aliphatic heterocycles. The zero-order chi connectivity index (χ0) is 27.3. The molecule has 2 aliphatic rings. The van der Waals surface area contributed by atoms with Crippen LogP contribution in [0, 0.1) is 5.92 Å². The molecular formula is C27H33ClN4O5S. The van der Waals surface area contributed by atoms with E-state index in [9.17, 15) is 22.8 Å². The summed E-state index contributed by atoms with van der Waals surface area (Å²) in [4.78, 5) is 46.2. The molecule has 38 heavy (non-hydrogen) atoms. The highest BCUT2D eigenvalue weighted by molar-refractivity contribution is 7.89. The fraction of sp³-hybridized carbons (Fsp3) is 0.481. The van der Waals surface area contributed by atoms with Crippen molar-refractivity contribution in [2.24, 2.45) is 5.92 Å².